The van der Waals surface area contributed by atoms with Crippen LogP contribution in [0.3, 0.4) is 0 Å². The Morgan fingerprint density at radius 2 is 1.80 bits per heavy atom. The molecule has 2 rings (SSSR count). The van der Waals surface area contributed by atoms with E-state index in [2.05, 4.69) is 5.32 Å². The molecule has 0 saturated heterocycles. The van der Waals surface area contributed by atoms with E-state index < -0.39 is 5.97 Å². The second kappa shape index (κ2) is 9.69. The summed E-state index contributed by atoms with van der Waals surface area (Å²) in [6.45, 7) is 1.86. The molecule has 0 unspecified atom stereocenters. The molecule has 0 heterocycles. The zero-order chi connectivity index (χ0) is 18.1. The Morgan fingerprint density at radius 1 is 1.04 bits per heavy atom. The molecule has 0 atom stereocenters. The van der Waals surface area contributed by atoms with Gasteiger partial charge in [-0.1, -0.05) is 54.9 Å². The number of ether oxygens (including phenoxy) is 2. The highest BCUT2D eigenvalue weighted by Gasteiger charge is 2.10. The summed E-state index contributed by atoms with van der Waals surface area (Å²) in [4.78, 5) is 23.0. The molecule has 0 saturated carbocycles. The molecule has 0 aliphatic heterocycles. The van der Waals surface area contributed by atoms with Crippen LogP contribution in [0, 0.1) is 0 Å². The number of rotatable bonds is 8. The van der Waals surface area contributed by atoms with Gasteiger partial charge in [0, 0.05) is 6.54 Å². The molecule has 0 fully saturated rings. The molecular weight excluding hydrogens is 342 g/mol. The lowest BCUT2D eigenvalue weighted by atomic mass is 10.1. The highest BCUT2D eigenvalue weighted by atomic mass is 35.5. The average Bonchev–Trinajstić information content (AvgIpc) is 2.64. The number of nitrogens with one attached hydrogen (secondary N) is 1. The third-order valence-electron chi connectivity index (χ3n) is 3.32. The van der Waals surface area contributed by atoms with Crippen LogP contribution in [0.5, 0.6) is 5.75 Å². The van der Waals surface area contributed by atoms with Gasteiger partial charge < -0.3 is 14.8 Å². The molecule has 5 nitrogen and oxygen atoms in total. The van der Waals surface area contributed by atoms with E-state index in [1.165, 1.54) is 0 Å². The summed E-state index contributed by atoms with van der Waals surface area (Å²) in [5, 5.41) is 3.01. The Bertz CT molecular complexity index is 719. The molecule has 132 valence electrons. The van der Waals surface area contributed by atoms with Crippen molar-refractivity contribution in [1.29, 1.82) is 0 Å². The van der Waals surface area contributed by atoms with Crippen LogP contribution in [-0.4, -0.2) is 31.6 Å². The minimum Gasteiger partial charge on any atom is -0.480 e. The van der Waals surface area contributed by atoms with Crippen LogP contribution in [0.25, 0.3) is 11.1 Å². The Labute approximate surface area is 151 Å². The van der Waals surface area contributed by atoms with Crippen LogP contribution >= 0.6 is 11.6 Å². The monoisotopic (exact) mass is 361 g/mol. The van der Waals surface area contributed by atoms with Gasteiger partial charge in [0.2, 0.25) is 0 Å². The summed E-state index contributed by atoms with van der Waals surface area (Å²) < 4.78 is 10.2. The molecule has 0 aliphatic rings. The zero-order valence-corrected chi connectivity index (χ0v) is 14.7. The van der Waals surface area contributed by atoms with E-state index in [-0.39, 0.29) is 19.1 Å². The number of hydrogen-bond donors (Lipinski definition) is 1. The fourth-order valence-corrected chi connectivity index (χ4v) is 2.30. The number of benzene rings is 2. The number of carbonyl (C=O) groups excluding carboxylic acids is 2. The molecule has 1 N–H and O–H groups in total. The van der Waals surface area contributed by atoms with Gasteiger partial charge in [0.25, 0.3) is 5.91 Å². The molecule has 0 radical (unpaired) electrons. The lowest BCUT2D eigenvalue weighted by molar-refractivity contribution is -0.150. The highest BCUT2D eigenvalue weighted by Crippen LogP contribution is 2.30. The molecule has 2 aromatic carbocycles. The van der Waals surface area contributed by atoms with Gasteiger partial charge in [0.05, 0.1) is 5.02 Å². The van der Waals surface area contributed by atoms with Crippen molar-refractivity contribution in [3.8, 4) is 16.9 Å². The summed E-state index contributed by atoms with van der Waals surface area (Å²) in [5.74, 6) is -0.580. The Morgan fingerprint density at radius 3 is 2.48 bits per heavy atom. The van der Waals surface area contributed by atoms with Gasteiger partial charge in [-0.25, -0.2) is 4.79 Å². The van der Waals surface area contributed by atoms with Crippen LogP contribution in [0.2, 0.25) is 5.02 Å². The van der Waals surface area contributed by atoms with E-state index in [0.717, 1.165) is 17.5 Å². The molecule has 0 spiro atoms. The Kier molecular flexibility index (Phi) is 7.29. The largest absolute Gasteiger partial charge is 0.480 e. The predicted octanol–water partition coefficient (Wildman–Crippen LogP) is 3.46. The van der Waals surface area contributed by atoms with Crippen LogP contribution in [0.1, 0.15) is 13.3 Å². The van der Waals surface area contributed by atoms with Crippen molar-refractivity contribution in [2.24, 2.45) is 0 Å². The van der Waals surface area contributed by atoms with Crippen molar-refractivity contribution in [3.05, 3.63) is 53.6 Å². The Hall–Kier alpha value is -2.53. The summed E-state index contributed by atoms with van der Waals surface area (Å²) >= 11 is 6.21. The summed E-state index contributed by atoms with van der Waals surface area (Å²) in [6.07, 6.45) is 0.820. The second-order valence-electron chi connectivity index (χ2n) is 5.31. The molecule has 0 bridgehead atoms. The first-order valence-electron chi connectivity index (χ1n) is 8.00. The van der Waals surface area contributed by atoms with Crippen LogP contribution in [0.15, 0.2) is 48.5 Å². The van der Waals surface area contributed by atoms with Gasteiger partial charge in [-0.05, 0) is 29.7 Å². The number of amides is 1. The molecular formula is C19H20ClNO4. The molecule has 6 heteroatoms. The summed E-state index contributed by atoms with van der Waals surface area (Å²) in [6, 6.07) is 15.1. The standard InChI is InChI=1S/C19H20ClNO4/c1-2-10-21-18(22)12-25-19(23)13-24-17-9-8-15(11-16(17)20)14-6-4-3-5-7-14/h3-9,11H,2,10,12-13H2,1H3,(H,21,22). The normalized spacial score (nSPS) is 10.2. The summed E-state index contributed by atoms with van der Waals surface area (Å²) in [5.41, 5.74) is 1.99. The second-order valence-corrected chi connectivity index (χ2v) is 5.72. The molecule has 0 aromatic heterocycles. The maximum absolute atomic E-state index is 11.6. The smallest absolute Gasteiger partial charge is 0.344 e. The van der Waals surface area contributed by atoms with E-state index in [4.69, 9.17) is 21.1 Å². The molecule has 0 aliphatic carbocycles. The molecule has 1 amide bonds. The maximum Gasteiger partial charge on any atom is 0.344 e. The van der Waals surface area contributed by atoms with Gasteiger partial charge in [-0.3, -0.25) is 4.79 Å². The van der Waals surface area contributed by atoms with Crippen molar-refractivity contribution in [1.82, 2.24) is 5.32 Å². The lowest BCUT2D eigenvalue weighted by Gasteiger charge is -2.10. The van der Waals surface area contributed by atoms with Gasteiger partial charge >= 0.3 is 5.97 Å². The average molecular weight is 362 g/mol. The van der Waals surface area contributed by atoms with Gasteiger partial charge in [0.15, 0.2) is 13.2 Å². The van der Waals surface area contributed by atoms with Crippen LogP contribution in [0.4, 0.5) is 0 Å². The van der Waals surface area contributed by atoms with E-state index in [1.54, 1.807) is 12.1 Å². The first-order valence-corrected chi connectivity index (χ1v) is 8.38. The Balaban J connectivity index is 1.84. The SMILES string of the molecule is CCCNC(=O)COC(=O)COc1ccc(-c2ccccc2)cc1Cl. The molecule has 25 heavy (non-hydrogen) atoms. The zero-order valence-electron chi connectivity index (χ0n) is 14.0. The predicted molar refractivity (Wildman–Crippen MR) is 96.6 cm³/mol. The third-order valence-corrected chi connectivity index (χ3v) is 3.62. The fraction of sp³-hybridized carbons (Fsp3) is 0.263. The number of hydrogen-bond acceptors (Lipinski definition) is 4. The molecule has 2 aromatic rings. The van der Waals surface area contributed by atoms with Crippen molar-refractivity contribution in [3.63, 3.8) is 0 Å². The van der Waals surface area contributed by atoms with E-state index in [9.17, 15) is 9.59 Å². The van der Waals surface area contributed by atoms with Gasteiger partial charge in [-0.15, -0.1) is 0 Å². The number of esters is 1. The van der Waals surface area contributed by atoms with Gasteiger partial charge in [-0.2, -0.15) is 0 Å². The summed E-state index contributed by atoms with van der Waals surface area (Å²) in [7, 11) is 0. The van der Waals surface area contributed by atoms with E-state index in [1.807, 2.05) is 43.3 Å². The first kappa shape index (κ1) is 18.8. The minimum absolute atomic E-state index is 0.314. The van der Waals surface area contributed by atoms with E-state index in [0.29, 0.717) is 17.3 Å². The number of carbonyl (C=O) groups is 2. The third kappa shape index (κ3) is 6.12. The van der Waals surface area contributed by atoms with Crippen molar-refractivity contribution < 1.29 is 19.1 Å². The van der Waals surface area contributed by atoms with Crippen LogP contribution < -0.4 is 10.1 Å². The first-order chi connectivity index (χ1) is 12.1. The number of halogens is 1. The van der Waals surface area contributed by atoms with E-state index >= 15 is 0 Å². The van der Waals surface area contributed by atoms with Crippen LogP contribution in [-0.2, 0) is 14.3 Å². The minimum atomic E-state index is -0.630. The highest BCUT2D eigenvalue weighted by molar-refractivity contribution is 6.32. The quantitative estimate of drug-likeness (QED) is 0.731. The fourth-order valence-electron chi connectivity index (χ4n) is 2.07. The maximum atomic E-state index is 11.6. The van der Waals surface area contributed by atoms with Crippen molar-refractivity contribution >= 4 is 23.5 Å². The van der Waals surface area contributed by atoms with Crippen molar-refractivity contribution in [2.75, 3.05) is 19.8 Å². The lowest BCUT2D eigenvalue weighted by Crippen LogP contribution is -2.30. The van der Waals surface area contributed by atoms with Gasteiger partial charge in [0.1, 0.15) is 5.75 Å². The topological polar surface area (TPSA) is 64.6 Å². The van der Waals surface area contributed by atoms with Crippen molar-refractivity contribution in [2.45, 2.75) is 13.3 Å².